The van der Waals surface area contributed by atoms with E-state index in [1.165, 1.54) is 136 Å². The Bertz CT molecular complexity index is 1210. The first-order valence-corrected chi connectivity index (χ1v) is 19.2. The molecule has 252 valence electrons. The fraction of sp³-hybridized carbons (Fsp3) is 0.487. The van der Waals surface area contributed by atoms with Gasteiger partial charge in [0.15, 0.2) is 0 Å². The summed E-state index contributed by atoms with van der Waals surface area (Å²) >= 11 is 0. The number of hydrogen-bond acceptors (Lipinski definition) is 4. The van der Waals surface area contributed by atoms with Crippen LogP contribution in [-0.4, -0.2) is 47.3 Å². The van der Waals surface area contributed by atoms with E-state index in [0.29, 0.717) is 9.79 Å². The van der Waals surface area contributed by atoms with E-state index in [1.54, 1.807) is 36.4 Å². The molecule has 0 spiro atoms. The van der Waals surface area contributed by atoms with Crippen molar-refractivity contribution in [1.82, 2.24) is 0 Å². The Kier molecular flexibility index (Phi) is 20.2. The summed E-state index contributed by atoms with van der Waals surface area (Å²) in [6, 6.07) is 24.2. The SMILES string of the molecule is CCCCCCCCCCCCCCCC[N+](C)(C)Cc1ccccc1.O=C(O)c1ccccc1SSc1ccccc1C(=O)O. The zero-order valence-corrected chi connectivity index (χ0v) is 29.9. The lowest BCUT2D eigenvalue weighted by Crippen LogP contribution is -2.39. The van der Waals surface area contributed by atoms with Crippen LogP contribution < -0.4 is 0 Å². The molecule has 0 aliphatic rings. The first-order chi connectivity index (χ1) is 22.2. The van der Waals surface area contributed by atoms with Crippen molar-refractivity contribution in [3.05, 3.63) is 95.6 Å². The van der Waals surface area contributed by atoms with Crippen molar-refractivity contribution in [2.45, 2.75) is 113 Å². The number of benzene rings is 3. The molecule has 5 nitrogen and oxygen atoms in total. The van der Waals surface area contributed by atoms with Crippen molar-refractivity contribution in [2.75, 3.05) is 20.6 Å². The Morgan fingerprint density at radius 2 is 0.913 bits per heavy atom. The first-order valence-electron chi connectivity index (χ1n) is 17.1. The maximum Gasteiger partial charge on any atom is 0.336 e. The summed E-state index contributed by atoms with van der Waals surface area (Å²) in [5.74, 6) is -2.00. The van der Waals surface area contributed by atoms with Gasteiger partial charge in [0.05, 0.1) is 31.8 Å². The molecular formula is C39H56NO4S2+. The number of quaternary nitrogens is 1. The zero-order chi connectivity index (χ0) is 33.5. The van der Waals surface area contributed by atoms with Crippen LogP contribution in [-0.2, 0) is 6.54 Å². The number of rotatable bonds is 22. The van der Waals surface area contributed by atoms with Crippen LogP contribution in [0.25, 0.3) is 0 Å². The number of aromatic carboxylic acids is 2. The van der Waals surface area contributed by atoms with E-state index in [1.807, 2.05) is 0 Å². The second-order valence-corrected chi connectivity index (χ2v) is 14.9. The normalized spacial score (nSPS) is 11.1. The Morgan fingerprint density at radius 3 is 1.33 bits per heavy atom. The average molecular weight is 667 g/mol. The summed E-state index contributed by atoms with van der Waals surface area (Å²) < 4.78 is 1.11. The molecule has 0 atom stereocenters. The lowest BCUT2D eigenvalue weighted by atomic mass is 10.0. The smallest absolute Gasteiger partial charge is 0.336 e. The molecule has 0 aromatic heterocycles. The Hall–Kier alpha value is -2.74. The molecule has 0 amide bonds. The van der Waals surface area contributed by atoms with E-state index < -0.39 is 11.9 Å². The van der Waals surface area contributed by atoms with Gasteiger partial charge in [-0.05, 0) is 37.1 Å². The van der Waals surface area contributed by atoms with E-state index in [0.717, 1.165) is 11.0 Å². The van der Waals surface area contributed by atoms with Gasteiger partial charge in [0.2, 0.25) is 0 Å². The second-order valence-electron chi connectivity index (χ2n) is 12.7. The van der Waals surface area contributed by atoms with Crippen LogP contribution in [0.3, 0.4) is 0 Å². The molecule has 7 heteroatoms. The number of carboxylic acids is 2. The Morgan fingerprint density at radius 1 is 0.543 bits per heavy atom. The van der Waals surface area contributed by atoms with Crippen LogP contribution in [0.1, 0.15) is 123 Å². The highest BCUT2D eigenvalue weighted by Crippen LogP contribution is 2.40. The van der Waals surface area contributed by atoms with Gasteiger partial charge in [0.1, 0.15) is 6.54 Å². The Labute approximate surface area is 286 Å². The van der Waals surface area contributed by atoms with Crippen molar-refractivity contribution < 1.29 is 24.3 Å². The molecule has 2 N–H and O–H groups in total. The van der Waals surface area contributed by atoms with Gasteiger partial charge < -0.3 is 14.7 Å². The highest BCUT2D eigenvalue weighted by molar-refractivity contribution is 8.76. The van der Waals surface area contributed by atoms with Gasteiger partial charge in [-0.1, -0.05) is 160 Å². The zero-order valence-electron chi connectivity index (χ0n) is 28.3. The minimum absolute atomic E-state index is 0.206. The summed E-state index contributed by atoms with van der Waals surface area (Å²) in [5.41, 5.74) is 1.87. The molecule has 0 fully saturated rings. The predicted molar refractivity (Wildman–Crippen MR) is 196 cm³/mol. The molecule has 3 rings (SSSR count). The van der Waals surface area contributed by atoms with Crippen molar-refractivity contribution >= 4 is 33.5 Å². The lowest BCUT2D eigenvalue weighted by molar-refractivity contribution is -0.903. The summed E-state index contributed by atoms with van der Waals surface area (Å²) in [7, 11) is 7.21. The maximum absolute atomic E-state index is 11.1. The minimum Gasteiger partial charge on any atom is -0.478 e. The van der Waals surface area contributed by atoms with Gasteiger partial charge in [-0.25, -0.2) is 9.59 Å². The van der Waals surface area contributed by atoms with Crippen LogP contribution in [0, 0.1) is 0 Å². The van der Waals surface area contributed by atoms with Gasteiger partial charge in [0, 0.05) is 15.4 Å². The van der Waals surface area contributed by atoms with Crippen molar-refractivity contribution in [3.63, 3.8) is 0 Å². The molecule has 0 radical (unpaired) electrons. The van der Waals surface area contributed by atoms with Crippen LogP contribution >= 0.6 is 21.6 Å². The largest absolute Gasteiger partial charge is 0.478 e. The highest BCUT2D eigenvalue weighted by Gasteiger charge is 2.15. The summed E-state index contributed by atoms with van der Waals surface area (Å²) in [4.78, 5) is 23.4. The topological polar surface area (TPSA) is 74.6 Å². The molecule has 0 bridgehead atoms. The molecule has 3 aromatic rings. The number of hydrogen-bond donors (Lipinski definition) is 2. The number of unbranched alkanes of at least 4 members (excludes halogenated alkanes) is 13. The number of nitrogens with zero attached hydrogens (tertiary/aromatic N) is 1. The molecule has 0 saturated carbocycles. The standard InChI is InChI=1S/C25H46N.C14H10O4S2/c1-4-5-6-7-8-9-10-11-12-13-14-15-16-20-23-26(2,3)24-25-21-18-17-19-22-25;15-13(16)9-5-1-3-7-11(9)19-20-12-8-4-2-6-10(12)14(17)18/h17-19,21-22H,4-16,20,23-24H2,1-3H3;1-8H,(H,15,16)(H,17,18)/q+1;. The third-order valence-corrected chi connectivity index (χ3v) is 10.5. The molecule has 3 aromatic carbocycles. The van der Waals surface area contributed by atoms with Gasteiger partial charge in [-0.2, -0.15) is 0 Å². The third-order valence-electron chi connectivity index (χ3n) is 8.03. The molecule has 0 unspecified atom stereocenters. The molecule has 46 heavy (non-hydrogen) atoms. The van der Waals surface area contributed by atoms with Crippen molar-refractivity contribution in [3.8, 4) is 0 Å². The first kappa shape index (κ1) is 39.4. The summed E-state index contributed by atoms with van der Waals surface area (Å²) in [6.45, 7) is 4.75. The third kappa shape index (κ3) is 17.3. The Balaban J connectivity index is 0.000000330. The minimum atomic E-state index is -1.000. The van der Waals surface area contributed by atoms with Crippen LogP contribution in [0.5, 0.6) is 0 Å². The van der Waals surface area contributed by atoms with E-state index in [4.69, 9.17) is 10.2 Å². The van der Waals surface area contributed by atoms with E-state index in [-0.39, 0.29) is 11.1 Å². The van der Waals surface area contributed by atoms with E-state index in [2.05, 4.69) is 51.4 Å². The number of carbonyl (C=O) groups is 2. The van der Waals surface area contributed by atoms with Gasteiger partial charge >= 0.3 is 11.9 Å². The lowest BCUT2D eigenvalue weighted by Gasteiger charge is -2.30. The number of carboxylic acid groups (broad SMARTS) is 2. The summed E-state index contributed by atoms with van der Waals surface area (Å²) in [6.07, 6.45) is 20.2. The van der Waals surface area contributed by atoms with Crippen LogP contribution in [0.2, 0.25) is 0 Å². The fourth-order valence-electron chi connectivity index (χ4n) is 5.41. The average Bonchev–Trinajstić information content (AvgIpc) is 3.04. The summed E-state index contributed by atoms with van der Waals surface area (Å²) in [5, 5.41) is 18.2. The van der Waals surface area contributed by atoms with Gasteiger partial charge in [-0.3, -0.25) is 0 Å². The quantitative estimate of drug-likeness (QED) is 0.0631. The van der Waals surface area contributed by atoms with E-state index >= 15 is 0 Å². The van der Waals surface area contributed by atoms with Crippen molar-refractivity contribution in [1.29, 1.82) is 0 Å². The van der Waals surface area contributed by atoms with E-state index in [9.17, 15) is 9.59 Å². The van der Waals surface area contributed by atoms with Gasteiger partial charge in [-0.15, -0.1) is 0 Å². The van der Waals surface area contributed by atoms with Gasteiger partial charge in [0.25, 0.3) is 0 Å². The molecule has 0 heterocycles. The highest BCUT2D eigenvalue weighted by atomic mass is 33.1. The maximum atomic E-state index is 11.1. The van der Waals surface area contributed by atoms with Crippen LogP contribution in [0.15, 0.2) is 88.7 Å². The molecular weight excluding hydrogens is 611 g/mol. The molecule has 0 aliphatic carbocycles. The molecule has 0 aliphatic heterocycles. The monoisotopic (exact) mass is 666 g/mol. The van der Waals surface area contributed by atoms with Crippen LogP contribution in [0.4, 0.5) is 0 Å². The fourth-order valence-corrected chi connectivity index (χ4v) is 7.76. The van der Waals surface area contributed by atoms with Crippen molar-refractivity contribution in [2.24, 2.45) is 0 Å². The predicted octanol–water partition coefficient (Wildman–Crippen LogP) is 11.6. The second kappa shape index (κ2) is 23.6. The molecule has 0 saturated heterocycles.